The number of rotatable bonds is 6. The lowest BCUT2D eigenvalue weighted by Crippen LogP contribution is -2.47. The second kappa shape index (κ2) is 8.48. The highest BCUT2D eigenvalue weighted by Crippen LogP contribution is 2.30. The van der Waals surface area contributed by atoms with Crippen LogP contribution in [0.5, 0.6) is 0 Å². The minimum Gasteiger partial charge on any atom is -0.324 e. The number of hydrogen-bond donors (Lipinski definition) is 1. The molecule has 140 valence electrons. The Morgan fingerprint density at radius 1 is 1.08 bits per heavy atom. The van der Waals surface area contributed by atoms with Crippen molar-refractivity contribution in [2.75, 3.05) is 15.9 Å². The number of anilines is 2. The van der Waals surface area contributed by atoms with E-state index in [9.17, 15) is 13.2 Å². The summed E-state index contributed by atoms with van der Waals surface area (Å²) < 4.78 is 25.8. The highest BCUT2D eigenvalue weighted by atomic mass is 35.5. The van der Waals surface area contributed by atoms with Gasteiger partial charge in [0.05, 0.1) is 22.0 Å². The van der Waals surface area contributed by atoms with Gasteiger partial charge in [-0.05, 0) is 48.9 Å². The maximum atomic E-state index is 12.7. The molecule has 1 atom stereocenters. The van der Waals surface area contributed by atoms with E-state index in [0.29, 0.717) is 15.7 Å². The average Bonchev–Trinajstić information content (AvgIpc) is 2.56. The topological polar surface area (TPSA) is 66.5 Å². The fourth-order valence-corrected chi connectivity index (χ4v) is 4.06. The third-order valence-corrected chi connectivity index (χ3v) is 5.77. The maximum absolute atomic E-state index is 12.7. The van der Waals surface area contributed by atoms with Crippen LogP contribution in [0, 0.1) is 0 Å². The van der Waals surface area contributed by atoms with Crippen molar-refractivity contribution in [3.8, 4) is 0 Å². The van der Waals surface area contributed by atoms with Gasteiger partial charge < -0.3 is 5.32 Å². The molecular formula is C17H17Cl3N2O3S. The molecule has 1 unspecified atom stereocenters. The smallest absolute Gasteiger partial charge is 0.248 e. The fraction of sp³-hybridized carbons (Fsp3) is 0.235. The molecule has 9 heteroatoms. The van der Waals surface area contributed by atoms with Crippen LogP contribution in [-0.4, -0.2) is 26.6 Å². The molecule has 0 spiro atoms. The molecule has 1 amide bonds. The molecule has 0 aromatic heterocycles. The second-order valence-electron chi connectivity index (χ2n) is 5.58. The van der Waals surface area contributed by atoms with Crippen LogP contribution in [0.4, 0.5) is 11.4 Å². The number of hydrogen-bond acceptors (Lipinski definition) is 3. The van der Waals surface area contributed by atoms with Crippen molar-refractivity contribution in [3.05, 3.63) is 57.5 Å². The Hall–Kier alpha value is -1.47. The zero-order valence-corrected chi connectivity index (χ0v) is 17.1. The van der Waals surface area contributed by atoms with Gasteiger partial charge in [0.2, 0.25) is 15.9 Å². The van der Waals surface area contributed by atoms with Crippen LogP contribution in [0.15, 0.2) is 42.5 Å². The lowest BCUT2D eigenvalue weighted by atomic mass is 10.2. The van der Waals surface area contributed by atoms with Gasteiger partial charge in [0, 0.05) is 10.7 Å². The van der Waals surface area contributed by atoms with Crippen LogP contribution < -0.4 is 9.62 Å². The van der Waals surface area contributed by atoms with E-state index in [0.717, 1.165) is 10.6 Å². The van der Waals surface area contributed by atoms with Gasteiger partial charge in [-0.3, -0.25) is 9.10 Å². The van der Waals surface area contributed by atoms with Gasteiger partial charge in [-0.1, -0.05) is 41.7 Å². The zero-order chi connectivity index (χ0) is 19.5. The molecule has 0 saturated carbocycles. The standard InChI is InChI=1S/C17H17Cl3N2O3S/c1-3-16(17(23)21-12-6-4-11(18)5-7-12)22(26(2,24)25)13-8-9-14(19)15(20)10-13/h4-10,16H,3H2,1-2H3,(H,21,23). The summed E-state index contributed by atoms with van der Waals surface area (Å²) in [5.41, 5.74) is 0.778. The van der Waals surface area contributed by atoms with Crippen LogP contribution >= 0.6 is 34.8 Å². The van der Waals surface area contributed by atoms with E-state index in [1.165, 1.54) is 18.2 Å². The molecule has 2 rings (SSSR count). The Morgan fingerprint density at radius 3 is 2.19 bits per heavy atom. The molecule has 0 radical (unpaired) electrons. The molecule has 2 aromatic rings. The number of carbonyl (C=O) groups is 1. The quantitative estimate of drug-likeness (QED) is 0.706. The van der Waals surface area contributed by atoms with Gasteiger partial charge in [-0.15, -0.1) is 0 Å². The van der Waals surface area contributed by atoms with Gasteiger partial charge >= 0.3 is 0 Å². The number of carbonyl (C=O) groups excluding carboxylic acids is 1. The van der Waals surface area contributed by atoms with Crippen molar-refractivity contribution in [1.82, 2.24) is 0 Å². The molecule has 0 aliphatic carbocycles. The first-order valence-corrected chi connectivity index (χ1v) is 10.6. The summed E-state index contributed by atoms with van der Waals surface area (Å²) in [4.78, 5) is 12.7. The molecule has 0 bridgehead atoms. The first kappa shape index (κ1) is 20.8. The van der Waals surface area contributed by atoms with E-state index in [-0.39, 0.29) is 17.1 Å². The molecular weight excluding hydrogens is 419 g/mol. The molecule has 0 saturated heterocycles. The maximum Gasteiger partial charge on any atom is 0.248 e. The summed E-state index contributed by atoms with van der Waals surface area (Å²) >= 11 is 17.8. The third kappa shape index (κ3) is 5.04. The number of sulfonamides is 1. The van der Waals surface area contributed by atoms with Gasteiger partial charge in [-0.2, -0.15) is 0 Å². The summed E-state index contributed by atoms with van der Waals surface area (Å²) in [6.45, 7) is 1.72. The molecule has 26 heavy (non-hydrogen) atoms. The second-order valence-corrected chi connectivity index (χ2v) is 8.69. The van der Waals surface area contributed by atoms with Crippen molar-refractivity contribution in [2.45, 2.75) is 19.4 Å². The lowest BCUT2D eigenvalue weighted by Gasteiger charge is -2.30. The SMILES string of the molecule is CCC(C(=O)Nc1ccc(Cl)cc1)N(c1ccc(Cl)c(Cl)c1)S(C)(=O)=O. The van der Waals surface area contributed by atoms with E-state index in [4.69, 9.17) is 34.8 Å². The van der Waals surface area contributed by atoms with E-state index in [1.54, 1.807) is 31.2 Å². The van der Waals surface area contributed by atoms with E-state index in [2.05, 4.69) is 5.32 Å². The molecule has 5 nitrogen and oxygen atoms in total. The van der Waals surface area contributed by atoms with Gasteiger partial charge in [-0.25, -0.2) is 8.42 Å². The monoisotopic (exact) mass is 434 g/mol. The minimum absolute atomic E-state index is 0.200. The summed E-state index contributed by atoms with van der Waals surface area (Å²) in [6, 6.07) is 9.99. The first-order chi connectivity index (χ1) is 12.1. The fourth-order valence-electron chi connectivity index (χ4n) is 2.44. The van der Waals surface area contributed by atoms with E-state index in [1.807, 2.05) is 0 Å². The van der Waals surface area contributed by atoms with Crippen LogP contribution in [-0.2, 0) is 14.8 Å². The van der Waals surface area contributed by atoms with Gasteiger partial charge in [0.25, 0.3) is 0 Å². The Bertz CT molecular complexity index is 902. The Balaban J connectivity index is 2.39. The molecule has 1 N–H and O–H groups in total. The molecule has 2 aromatic carbocycles. The van der Waals surface area contributed by atoms with Crippen molar-refractivity contribution in [2.24, 2.45) is 0 Å². The summed E-state index contributed by atoms with van der Waals surface area (Å²) in [6.07, 6.45) is 1.29. The lowest BCUT2D eigenvalue weighted by molar-refractivity contribution is -0.117. The van der Waals surface area contributed by atoms with Crippen molar-refractivity contribution in [1.29, 1.82) is 0 Å². The number of nitrogens with one attached hydrogen (secondary N) is 1. The Kier molecular flexibility index (Phi) is 6.80. The van der Waals surface area contributed by atoms with Crippen molar-refractivity contribution in [3.63, 3.8) is 0 Å². The average molecular weight is 436 g/mol. The first-order valence-electron chi connectivity index (χ1n) is 7.64. The van der Waals surface area contributed by atoms with Crippen molar-refractivity contribution < 1.29 is 13.2 Å². The summed E-state index contributed by atoms with van der Waals surface area (Å²) in [5.74, 6) is -0.466. The van der Waals surface area contributed by atoms with Crippen molar-refractivity contribution >= 4 is 62.1 Å². The molecule has 0 heterocycles. The Labute approximate surface area is 167 Å². The molecule has 0 fully saturated rings. The van der Waals surface area contributed by atoms with Gasteiger partial charge in [0.15, 0.2) is 0 Å². The number of halogens is 3. The predicted molar refractivity (Wildman–Crippen MR) is 108 cm³/mol. The molecule has 0 aliphatic rings. The van der Waals surface area contributed by atoms with Crippen LogP contribution in [0.1, 0.15) is 13.3 Å². The minimum atomic E-state index is -3.75. The number of nitrogens with zero attached hydrogens (tertiary/aromatic N) is 1. The highest BCUT2D eigenvalue weighted by molar-refractivity contribution is 7.92. The number of benzene rings is 2. The van der Waals surface area contributed by atoms with E-state index >= 15 is 0 Å². The third-order valence-electron chi connectivity index (χ3n) is 3.60. The zero-order valence-electron chi connectivity index (χ0n) is 14.0. The van der Waals surface area contributed by atoms with E-state index < -0.39 is 22.0 Å². The largest absolute Gasteiger partial charge is 0.324 e. The Morgan fingerprint density at radius 2 is 1.69 bits per heavy atom. The normalized spacial score (nSPS) is 12.5. The molecule has 0 aliphatic heterocycles. The predicted octanol–water partition coefficient (Wildman–Crippen LogP) is 4.83. The number of amides is 1. The summed E-state index contributed by atoms with van der Waals surface area (Å²) in [7, 11) is -3.75. The van der Waals surface area contributed by atoms with Crippen LogP contribution in [0.25, 0.3) is 0 Å². The highest BCUT2D eigenvalue weighted by Gasteiger charge is 2.31. The van der Waals surface area contributed by atoms with Crippen LogP contribution in [0.2, 0.25) is 15.1 Å². The van der Waals surface area contributed by atoms with Crippen LogP contribution in [0.3, 0.4) is 0 Å². The summed E-state index contributed by atoms with van der Waals surface area (Å²) in [5, 5.41) is 3.73. The van der Waals surface area contributed by atoms with Gasteiger partial charge in [0.1, 0.15) is 6.04 Å².